The molecule has 2 N–H and O–H groups in total. The summed E-state index contributed by atoms with van der Waals surface area (Å²) in [5.74, 6) is 1.20. The van der Waals surface area contributed by atoms with Gasteiger partial charge in [-0.1, -0.05) is 0 Å². The molecule has 1 aliphatic rings. The van der Waals surface area contributed by atoms with Crippen molar-refractivity contribution < 1.29 is 4.74 Å². The molecule has 0 aliphatic carbocycles. The van der Waals surface area contributed by atoms with Gasteiger partial charge in [-0.05, 0) is 6.92 Å². The van der Waals surface area contributed by atoms with Crippen LogP contribution in [0.3, 0.4) is 0 Å². The fourth-order valence-corrected chi connectivity index (χ4v) is 1.16. The van der Waals surface area contributed by atoms with Crippen LogP contribution in [-0.4, -0.2) is 22.6 Å². The number of nitrogens with two attached hydrogens (primary N) is 1. The van der Waals surface area contributed by atoms with Crippen molar-refractivity contribution in [1.82, 2.24) is 9.78 Å². The number of ether oxygens (including phenoxy) is 1. The third kappa shape index (κ3) is 0.861. The summed E-state index contributed by atoms with van der Waals surface area (Å²) < 4.78 is 6.93. The van der Waals surface area contributed by atoms with Crippen LogP contribution in [0.15, 0.2) is 4.99 Å². The van der Waals surface area contributed by atoms with E-state index in [2.05, 4.69) is 10.1 Å². The number of aliphatic imine (C=N–C) groups is 1. The highest BCUT2D eigenvalue weighted by molar-refractivity contribution is 5.76. The minimum atomic E-state index is 0.490. The summed E-state index contributed by atoms with van der Waals surface area (Å²) in [4.78, 5) is 4.07. The molecule has 0 bridgehead atoms. The Balaban J connectivity index is 2.40. The zero-order chi connectivity index (χ0) is 8.55. The Morgan fingerprint density at radius 2 is 2.58 bits per heavy atom. The first-order valence-corrected chi connectivity index (χ1v) is 3.84. The van der Waals surface area contributed by atoms with Crippen LogP contribution in [0, 0.1) is 0 Å². The molecule has 0 saturated carbocycles. The number of fused-ring (bicyclic) bond motifs is 1. The molecule has 0 saturated heterocycles. The van der Waals surface area contributed by atoms with Gasteiger partial charge in [0.25, 0.3) is 5.88 Å². The lowest BCUT2D eigenvalue weighted by Gasteiger charge is -1.97. The quantitative estimate of drug-likeness (QED) is 0.698. The van der Waals surface area contributed by atoms with Crippen LogP contribution < -0.4 is 10.5 Å². The molecule has 0 aromatic carbocycles. The summed E-state index contributed by atoms with van der Waals surface area (Å²) in [7, 11) is 0. The predicted molar refractivity (Wildman–Crippen MR) is 46.0 cm³/mol. The van der Waals surface area contributed by atoms with Gasteiger partial charge in [0.15, 0.2) is 5.82 Å². The molecule has 5 nitrogen and oxygen atoms in total. The van der Waals surface area contributed by atoms with E-state index in [1.54, 1.807) is 10.9 Å². The molecule has 1 aromatic rings. The average molecular weight is 166 g/mol. The van der Waals surface area contributed by atoms with Gasteiger partial charge in [-0.25, -0.2) is 9.67 Å². The summed E-state index contributed by atoms with van der Waals surface area (Å²) in [6, 6.07) is 0. The molecule has 5 heteroatoms. The first-order chi connectivity index (χ1) is 5.83. The van der Waals surface area contributed by atoms with E-state index in [-0.39, 0.29) is 0 Å². The van der Waals surface area contributed by atoms with E-state index < -0.39 is 0 Å². The lowest BCUT2D eigenvalue weighted by molar-refractivity contribution is 0.324. The molecule has 1 aliphatic heterocycles. The topological polar surface area (TPSA) is 65.4 Å². The number of rotatable bonds is 2. The van der Waals surface area contributed by atoms with Gasteiger partial charge in [-0.2, -0.15) is 0 Å². The van der Waals surface area contributed by atoms with Crippen LogP contribution in [0.2, 0.25) is 0 Å². The van der Waals surface area contributed by atoms with E-state index >= 15 is 0 Å². The van der Waals surface area contributed by atoms with Crippen molar-refractivity contribution in [2.45, 2.75) is 13.5 Å². The Hall–Kier alpha value is -1.52. The summed E-state index contributed by atoms with van der Waals surface area (Å²) in [6.45, 7) is 3.16. The third-order valence-electron chi connectivity index (χ3n) is 1.68. The van der Waals surface area contributed by atoms with Gasteiger partial charge >= 0.3 is 0 Å². The molecule has 0 unspecified atom stereocenters. The number of nitrogens with zero attached hydrogens (tertiary/aromatic N) is 3. The van der Waals surface area contributed by atoms with Crippen LogP contribution >= 0.6 is 0 Å². The lowest BCUT2D eigenvalue weighted by atomic mass is 10.5. The standard InChI is InChI=1S/C7H10N4O/c1-2-12-7-5(8)6-9-3-4-11(6)10-7/h3H,2,4,8H2,1H3. The molecule has 12 heavy (non-hydrogen) atoms. The second kappa shape index (κ2) is 2.51. The molecule has 0 amide bonds. The lowest BCUT2D eigenvalue weighted by Crippen LogP contribution is -1.98. The second-order valence-corrected chi connectivity index (χ2v) is 2.47. The van der Waals surface area contributed by atoms with E-state index in [9.17, 15) is 0 Å². The molecule has 2 heterocycles. The fourth-order valence-electron chi connectivity index (χ4n) is 1.16. The zero-order valence-corrected chi connectivity index (χ0v) is 6.82. The minimum absolute atomic E-state index is 0.490. The van der Waals surface area contributed by atoms with Crippen molar-refractivity contribution in [2.75, 3.05) is 12.3 Å². The van der Waals surface area contributed by atoms with E-state index in [1.165, 1.54) is 0 Å². The largest absolute Gasteiger partial charge is 0.475 e. The van der Waals surface area contributed by atoms with E-state index in [1.807, 2.05) is 6.92 Å². The fraction of sp³-hybridized carbons (Fsp3) is 0.429. The number of hydrogen-bond donors (Lipinski definition) is 1. The van der Waals surface area contributed by atoms with Crippen molar-refractivity contribution in [3.05, 3.63) is 0 Å². The maximum atomic E-state index is 5.72. The Bertz CT molecular complexity index is 328. The van der Waals surface area contributed by atoms with Gasteiger partial charge in [0.2, 0.25) is 0 Å². The number of anilines is 1. The maximum Gasteiger partial charge on any atom is 0.258 e. The molecule has 0 fully saturated rings. The summed E-state index contributed by atoms with van der Waals surface area (Å²) >= 11 is 0. The van der Waals surface area contributed by atoms with E-state index in [4.69, 9.17) is 10.5 Å². The molecule has 0 atom stereocenters. The summed E-state index contributed by atoms with van der Waals surface area (Å²) in [6.07, 6.45) is 1.77. The highest BCUT2D eigenvalue weighted by Crippen LogP contribution is 2.32. The maximum absolute atomic E-state index is 5.72. The number of hydrogen-bond acceptors (Lipinski definition) is 4. The summed E-state index contributed by atoms with van der Waals surface area (Å²) in [5.41, 5.74) is 6.25. The van der Waals surface area contributed by atoms with Gasteiger partial charge in [0.1, 0.15) is 5.69 Å². The number of nitrogen functional groups attached to an aromatic ring is 1. The van der Waals surface area contributed by atoms with Crippen LogP contribution in [-0.2, 0) is 6.54 Å². The van der Waals surface area contributed by atoms with Gasteiger partial charge in [0, 0.05) is 6.21 Å². The first-order valence-electron chi connectivity index (χ1n) is 3.84. The molecule has 0 spiro atoms. The first kappa shape index (κ1) is 7.15. The molecular formula is C7H10N4O. The molecule has 64 valence electrons. The smallest absolute Gasteiger partial charge is 0.258 e. The van der Waals surface area contributed by atoms with Gasteiger partial charge < -0.3 is 10.5 Å². The second-order valence-electron chi connectivity index (χ2n) is 2.47. The monoisotopic (exact) mass is 166 g/mol. The highest BCUT2D eigenvalue weighted by atomic mass is 16.5. The van der Waals surface area contributed by atoms with Crippen LogP contribution in [0.25, 0.3) is 0 Å². The van der Waals surface area contributed by atoms with Crippen LogP contribution in [0.5, 0.6) is 5.88 Å². The predicted octanol–water partition coefficient (Wildman–Crippen LogP) is 0.580. The van der Waals surface area contributed by atoms with Crippen molar-refractivity contribution in [2.24, 2.45) is 4.99 Å². The van der Waals surface area contributed by atoms with Crippen molar-refractivity contribution in [3.8, 4) is 5.88 Å². The molecule has 1 aromatic heterocycles. The van der Waals surface area contributed by atoms with Crippen molar-refractivity contribution in [3.63, 3.8) is 0 Å². The van der Waals surface area contributed by atoms with E-state index in [0.29, 0.717) is 30.5 Å². The molecule has 0 radical (unpaired) electrons. The average Bonchev–Trinajstić information content (AvgIpc) is 2.58. The van der Waals surface area contributed by atoms with Crippen LogP contribution in [0.1, 0.15) is 6.92 Å². The minimum Gasteiger partial charge on any atom is -0.475 e. The highest BCUT2D eigenvalue weighted by Gasteiger charge is 2.17. The summed E-state index contributed by atoms with van der Waals surface area (Å²) in [5, 5.41) is 4.12. The Morgan fingerprint density at radius 3 is 3.25 bits per heavy atom. The Morgan fingerprint density at radius 1 is 1.75 bits per heavy atom. The van der Waals surface area contributed by atoms with Gasteiger partial charge in [0.05, 0.1) is 13.2 Å². The Labute approximate surface area is 69.8 Å². The number of aromatic nitrogens is 2. The third-order valence-corrected chi connectivity index (χ3v) is 1.68. The molecule has 2 rings (SSSR count). The van der Waals surface area contributed by atoms with Crippen molar-refractivity contribution in [1.29, 1.82) is 0 Å². The van der Waals surface area contributed by atoms with Gasteiger partial charge in [-0.3, -0.25) is 0 Å². The molecular weight excluding hydrogens is 156 g/mol. The van der Waals surface area contributed by atoms with E-state index in [0.717, 1.165) is 0 Å². The van der Waals surface area contributed by atoms with Crippen molar-refractivity contribution >= 4 is 17.7 Å². The SMILES string of the molecule is CCOc1nn2c(c1N)N=CC2. The normalized spacial score (nSPS) is 13.4. The van der Waals surface area contributed by atoms with Crippen LogP contribution in [0.4, 0.5) is 11.5 Å². The van der Waals surface area contributed by atoms with Gasteiger partial charge in [-0.15, -0.1) is 5.10 Å². The Kier molecular flexibility index (Phi) is 1.49. The zero-order valence-electron chi connectivity index (χ0n) is 6.82.